The Kier molecular flexibility index (Phi) is 9.47. The summed E-state index contributed by atoms with van der Waals surface area (Å²) in [5, 5.41) is 11.9. The first-order chi connectivity index (χ1) is 20.6. The van der Waals surface area contributed by atoms with E-state index in [2.05, 4.69) is 82.3 Å². The minimum atomic E-state index is -3.35. The maximum Gasteiger partial charge on any atom is 0.261 e. The Morgan fingerprint density at radius 2 is 1.56 bits per heavy atom. The van der Waals surface area contributed by atoms with Gasteiger partial charge in [-0.25, -0.2) is 8.42 Å². The Morgan fingerprint density at radius 1 is 0.953 bits per heavy atom. The molecular formula is C36H44O5SSi. The lowest BCUT2D eigenvalue weighted by atomic mass is 9.95. The van der Waals surface area contributed by atoms with Crippen LogP contribution in [0.2, 0.25) is 5.04 Å². The third-order valence-corrected chi connectivity index (χ3v) is 15.8. The summed E-state index contributed by atoms with van der Waals surface area (Å²) < 4.78 is 40.1. The fraction of sp³-hybridized carbons (Fsp3) is 0.389. The lowest BCUT2D eigenvalue weighted by Crippen LogP contribution is -2.66. The maximum atomic E-state index is 13.4. The molecule has 5 rings (SSSR count). The van der Waals surface area contributed by atoms with E-state index in [1.807, 2.05) is 30.3 Å². The van der Waals surface area contributed by atoms with E-state index in [1.165, 1.54) is 15.9 Å². The molecule has 3 aromatic rings. The van der Waals surface area contributed by atoms with Crippen molar-refractivity contribution < 1.29 is 22.7 Å². The number of phenols is 1. The van der Waals surface area contributed by atoms with Crippen molar-refractivity contribution in [3.05, 3.63) is 107 Å². The summed E-state index contributed by atoms with van der Waals surface area (Å²) in [5.74, 6) is 0.293. The Hall–Kier alpha value is -2.97. The summed E-state index contributed by atoms with van der Waals surface area (Å²) in [6.07, 6.45) is 5.17. The fourth-order valence-electron chi connectivity index (χ4n) is 6.83. The van der Waals surface area contributed by atoms with Gasteiger partial charge in [0.25, 0.3) is 8.32 Å². The van der Waals surface area contributed by atoms with Crippen LogP contribution in [0.25, 0.3) is 6.08 Å². The molecule has 0 saturated carbocycles. The molecule has 2 aliphatic heterocycles. The van der Waals surface area contributed by atoms with Crippen LogP contribution in [0.4, 0.5) is 0 Å². The third-order valence-electron chi connectivity index (χ3n) is 8.83. The average molecular weight is 617 g/mol. The second-order valence-corrected chi connectivity index (χ2v) is 19.3. The fourth-order valence-corrected chi connectivity index (χ4v) is 13.3. The molecule has 0 bridgehead atoms. The number of benzene rings is 3. The minimum absolute atomic E-state index is 0.0284. The molecule has 1 N–H and O–H groups in total. The zero-order valence-corrected chi connectivity index (χ0v) is 27.6. The van der Waals surface area contributed by atoms with E-state index in [-0.39, 0.29) is 35.9 Å². The predicted molar refractivity (Wildman–Crippen MR) is 178 cm³/mol. The van der Waals surface area contributed by atoms with Gasteiger partial charge >= 0.3 is 0 Å². The van der Waals surface area contributed by atoms with Crippen LogP contribution in [0, 0.1) is 0 Å². The van der Waals surface area contributed by atoms with Gasteiger partial charge in [0.15, 0.2) is 9.84 Å². The first kappa shape index (κ1) is 31.5. The van der Waals surface area contributed by atoms with Crippen molar-refractivity contribution in [2.24, 2.45) is 0 Å². The standard InChI is InChI=1S/C36H44O5SSi/c1-5-14-27(23-28-15-12-13-20-32(28)37)21-22-33-35-29(26-42(38,39)34(35)25-40-33)24-41-43(36(2,3)4,30-16-8-6-9-17-30)31-18-10-7-11-19-31/h6-13,15-20,23,33-34,37H,5,14,21-22,24-26H2,1-4H3/b27-23+/t33-,34+/m1/s1. The van der Waals surface area contributed by atoms with Gasteiger partial charge in [0.05, 0.1) is 25.1 Å². The molecule has 5 nitrogen and oxygen atoms in total. The summed E-state index contributed by atoms with van der Waals surface area (Å²) in [5.41, 5.74) is 3.80. The van der Waals surface area contributed by atoms with Crippen molar-refractivity contribution in [2.45, 2.75) is 69.8 Å². The molecule has 0 spiro atoms. The Morgan fingerprint density at radius 3 is 2.14 bits per heavy atom. The minimum Gasteiger partial charge on any atom is -0.507 e. The number of rotatable bonds is 11. The molecule has 0 unspecified atom stereocenters. The van der Waals surface area contributed by atoms with Gasteiger partial charge in [-0.15, -0.1) is 0 Å². The highest BCUT2D eigenvalue weighted by molar-refractivity contribution is 7.92. The van der Waals surface area contributed by atoms with Crippen LogP contribution in [0.1, 0.15) is 58.9 Å². The van der Waals surface area contributed by atoms with Crippen LogP contribution in [-0.4, -0.2) is 52.2 Å². The van der Waals surface area contributed by atoms with Gasteiger partial charge in [-0.3, -0.25) is 0 Å². The summed E-state index contributed by atoms with van der Waals surface area (Å²) in [4.78, 5) is 0. The Labute approximate surface area is 258 Å². The number of phenolic OH excluding ortho intramolecular Hbond substituents is 1. The molecule has 0 radical (unpaired) electrons. The smallest absolute Gasteiger partial charge is 0.261 e. The van der Waals surface area contributed by atoms with Crippen LogP contribution in [0.15, 0.2) is 102 Å². The highest BCUT2D eigenvalue weighted by atomic mass is 32.2. The number of allylic oxidation sites excluding steroid dienone is 1. The zero-order valence-electron chi connectivity index (χ0n) is 25.8. The van der Waals surface area contributed by atoms with Crippen molar-refractivity contribution in [1.82, 2.24) is 0 Å². The van der Waals surface area contributed by atoms with Crippen LogP contribution in [-0.2, 0) is 19.0 Å². The average Bonchev–Trinajstić information content (AvgIpc) is 3.52. The molecule has 0 aromatic heterocycles. The van der Waals surface area contributed by atoms with Gasteiger partial charge in [0.2, 0.25) is 0 Å². The van der Waals surface area contributed by atoms with Gasteiger partial charge < -0.3 is 14.3 Å². The first-order valence-electron chi connectivity index (χ1n) is 15.3. The summed E-state index contributed by atoms with van der Waals surface area (Å²) in [7, 11) is -6.18. The molecule has 0 amide bonds. The van der Waals surface area contributed by atoms with Gasteiger partial charge in [-0.05, 0) is 51.9 Å². The number of fused-ring (bicyclic) bond motifs is 1. The van der Waals surface area contributed by atoms with Crippen LogP contribution in [0.5, 0.6) is 5.75 Å². The van der Waals surface area contributed by atoms with Crippen molar-refractivity contribution in [2.75, 3.05) is 19.0 Å². The van der Waals surface area contributed by atoms with E-state index in [0.29, 0.717) is 6.42 Å². The number of para-hydroxylation sites is 1. The van der Waals surface area contributed by atoms with Gasteiger partial charge in [0.1, 0.15) is 11.0 Å². The van der Waals surface area contributed by atoms with Gasteiger partial charge in [0, 0.05) is 5.56 Å². The Balaban J connectivity index is 1.46. The second-order valence-electron chi connectivity index (χ2n) is 12.8. The van der Waals surface area contributed by atoms with Crippen molar-refractivity contribution in [3.8, 4) is 5.75 Å². The van der Waals surface area contributed by atoms with E-state index in [4.69, 9.17) is 9.16 Å². The van der Waals surface area contributed by atoms with Crippen LogP contribution in [0.3, 0.4) is 0 Å². The normalized spacial score (nSPS) is 20.4. The van der Waals surface area contributed by atoms with Crippen molar-refractivity contribution >= 4 is 34.6 Å². The predicted octanol–water partition coefficient (Wildman–Crippen LogP) is 6.42. The molecular weight excluding hydrogens is 573 g/mol. The summed E-state index contributed by atoms with van der Waals surface area (Å²) >= 11 is 0. The maximum absolute atomic E-state index is 13.4. The summed E-state index contributed by atoms with van der Waals surface area (Å²) in [6, 6.07) is 28.3. The molecule has 1 saturated heterocycles. The van der Waals surface area contributed by atoms with Gasteiger partial charge in [-0.1, -0.05) is 125 Å². The lowest BCUT2D eigenvalue weighted by Gasteiger charge is -2.43. The third kappa shape index (κ3) is 6.46. The molecule has 2 aliphatic rings. The number of ether oxygens (including phenoxy) is 1. The lowest BCUT2D eigenvalue weighted by molar-refractivity contribution is 0.117. The molecule has 0 aliphatic carbocycles. The van der Waals surface area contributed by atoms with E-state index < -0.39 is 23.4 Å². The van der Waals surface area contributed by atoms with Crippen molar-refractivity contribution in [1.29, 1.82) is 0 Å². The van der Waals surface area contributed by atoms with Crippen molar-refractivity contribution in [3.63, 3.8) is 0 Å². The molecule has 2 heterocycles. The van der Waals surface area contributed by atoms with E-state index in [9.17, 15) is 13.5 Å². The molecule has 3 aromatic carbocycles. The van der Waals surface area contributed by atoms with E-state index in [0.717, 1.165) is 36.0 Å². The molecule has 1 fully saturated rings. The molecule has 43 heavy (non-hydrogen) atoms. The number of hydrogen-bond donors (Lipinski definition) is 1. The highest BCUT2D eigenvalue weighted by Gasteiger charge is 2.52. The largest absolute Gasteiger partial charge is 0.507 e. The Bertz CT molecular complexity index is 1530. The molecule has 7 heteroatoms. The SMILES string of the molecule is CCC/C(=C\c1ccccc1O)CC[C@H]1OC[C@H]2C1=C(CO[Si](c1ccccc1)(c1ccccc1)C(C)(C)C)CS2(=O)=O. The quantitative estimate of drug-likeness (QED) is 0.199. The van der Waals surface area contributed by atoms with Gasteiger partial charge in [-0.2, -0.15) is 0 Å². The zero-order chi connectivity index (χ0) is 30.7. The summed E-state index contributed by atoms with van der Waals surface area (Å²) in [6.45, 7) is 9.33. The number of sulfone groups is 1. The second kappa shape index (κ2) is 12.9. The number of hydrogen-bond acceptors (Lipinski definition) is 5. The van der Waals surface area contributed by atoms with E-state index in [1.54, 1.807) is 6.07 Å². The van der Waals surface area contributed by atoms with Crippen LogP contribution < -0.4 is 10.4 Å². The van der Waals surface area contributed by atoms with Crippen LogP contribution >= 0.6 is 0 Å². The first-order valence-corrected chi connectivity index (χ1v) is 19.0. The molecule has 2 atom stereocenters. The molecule has 228 valence electrons. The number of aromatic hydroxyl groups is 1. The topological polar surface area (TPSA) is 72.8 Å². The highest BCUT2D eigenvalue weighted by Crippen LogP contribution is 2.41. The van der Waals surface area contributed by atoms with E-state index >= 15 is 0 Å². The monoisotopic (exact) mass is 616 g/mol.